The van der Waals surface area contributed by atoms with Gasteiger partial charge in [-0.25, -0.2) is 0 Å². The molecule has 5 heteroatoms. The molecule has 1 aromatic carbocycles. The zero-order chi connectivity index (χ0) is 14.5. The lowest BCUT2D eigenvalue weighted by Gasteiger charge is -2.14. The molecule has 0 bridgehead atoms. The smallest absolute Gasteiger partial charge is 0.210 e. The molecule has 2 aromatic rings. The summed E-state index contributed by atoms with van der Waals surface area (Å²) in [7, 11) is 3.12. The van der Waals surface area contributed by atoms with Crippen LogP contribution in [-0.2, 0) is 0 Å². The molecule has 0 radical (unpaired) electrons. The highest BCUT2D eigenvalue weighted by atomic mass is 32.1. The number of thiophene rings is 1. The molecule has 1 heterocycles. The predicted molar refractivity (Wildman–Crippen MR) is 78.4 cm³/mol. The number of benzene rings is 1. The van der Waals surface area contributed by atoms with Gasteiger partial charge in [0.05, 0.1) is 19.1 Å². The molecule has 0 saturated carbocycles. The van der Waals surface area contributed by atoms with Gasteiger partial charge in [-0.2, -0.15) is 0 Å². The molecule has 1 aromatic heterocycles. The van der Waals surface area contributed by atoms with Crippen LogP contribution in [0.4, 0.5) is 0 Å². The van der Waals surface area contributed by atoms with Gasteiger partial charge in [-0.1, -0.05) is 6.07 Å². The number of carbonyl (C=O) groups excluding carboxylic acids is 1. The highest BCUT2D eigenvalue weighted by Gasteiger charge is 2.15. The third-order valence-electron chi connectivity index (χ3n) is 2.75. The normalized spacial score (nSPS) is 10.2. The quantitative estimate of drug-likeness (QED) is 0.766. The van der Waals surface area contributed by atoms with Crippen LogP contribution in [0.1, 0.15) is 15.2 Å². The van der Waals surface area contributed by atoms with Crippen LogP contribution in [0, 0.1) is 6.92 Å². The van der Waals surface area contributed by atoms with Gasteiger partial charge in [-0.3, -0.25) is 4.79 Å². The minimum absolute atomic E-state index is 0.0453. The molecule has 0 amide bonds. The van der Waals surface area contributed by atoms with Crippen LogP contribution in [0.25, 0.3) is 0 Å². The summed E-state index contributed by atoms with van der Waals surface area (Å²) >= 11 is 1.40. The molecule has 0 saturated heterocycles. The van der Waals surface area contributed by atoms with E-state index < -0.39 is 0 Å². The van der Waals surface area contributed by atoms with Crippen LogP contribution in [0.3, 0.4) is 0 Å². The van der Waals surface area contributed by atoms with E-state index in [9.17, 15) is 4.79 Å². The first-order valence-corrected chi connectivity index (χ1v) is 6.95. The number of Topliss-reactive ketones (excluding diaryl/α,β-unsaturated/α-hetero) is 1. The van der Waals surface area contributed by atoms with Gasteiger partial charge in [0.1, 0.15) is 0 Å². The van der Waals surface area contributed by atoms with Gasteiger partial charge < -0.3 is 14.2 Å². The summed E-state index contributed by atoms with van der Waals surface area (Å²) in [5.74, 6) is 1.50. The minimum Gasteiger partial charge on any atom is -0.493 e. The summed E-state index contributed by atoms with van der Waals surface area (Å²) in [6.45, 7) is 1.89. The molecule has 0 atom stereocenters. The Bertz CT molecular complexity index is 565. The number of methoxy groups -OCH3 is 2. The van der Waals surface area contributed by atoms with Crippen molar-refractivity contribution < 1.29 is 19.0 Å². The third-order valence-corrected chi connectivity index (χ3v) is 3.66. The van der Waals surface area contributed by atoms with Crippen molar-refractivity contribution in [2.45, 2.75) is 6.92 Å². The lowest BCUT2D eigenvalue weighted by atomic mass is 10.2. The zero-order valence-electron chi connectivity index (χ0n) is 11.6. The van der Waals surface area contributed by atoms with E-state index in [0.717, 1.165) is 5.56 Å². The molecular formula is C15H16O4S. The van der Waals surface area contributed by atoms with Crippen LogP contribution >= 0.6 is 11.3 Å². The number of carbonyl (C=O) groups is 1. The summed E-state index contributed by atoms with van der Waals surface area (Å²) in [6, 6.07) is 7.30. The fourth-order valence-electron chi connectivity index (χ4n) is 1.80. The fourth-order valence-corrected chi connectivity index (χ4v) is 2.45. The summed E-state index contributed by atoms with van der Waals surface area (Å²) in [4.78, 5) is 12.6. The van der Waals surface area contributed by atoms with Crippen LogP contribution in [0.15, 0.2) is 29.6 Å². The van der Waals surface area contributed by atoms with Crippen molar-refractivity contribution in [3.8, 4) is 17.2 Å². The Kier molecular flexibility index (Phi) is 4.63. The Morgan fingerprint density at radius 2 is 1.85 bits per heavy atom. The topological polar surface area (TPSA) is 44.8 Å². The van der Waals surface area contributed by atoms with Crippen molar-refractivity contribution >= 4 is 17.1 Å². The molecule has 0 aliphatic carbocycles. The van der Waals surface area contributed by atoms with E-state index in [1.54, 1.807) is 20.3 Å². The van der Waals surface area contributed by atoms with E-state index in [2.05, 4.69) is 0 Å². The van der Waals surface area contributed by atoms with Crippen molar-refractivity contribution in [3.05, 3.63) is 40.1 Å². The van der Waals surface area contributed by atoms with Crippen LogP contribution in [0.5, 0.6) is 17.2 Å². The van der Waals surface area contributed by atoms with Crippen molar-refractivity contribution in [1.82, 2.24) is 0 Å². The van der Waals surface area contributed by atoms with E-state index >= 15 is 0 Å². The zero-order valence-corrected chi connectivity index (χ0v) is 12.5. The third kappa shape index (κ3) is 3.11. The second kappa shape index (κ2) is 6.43. The molecule has 2 rings (SSSR count). The molecule has 4 nitrogen and oxygen atoms in total. The number of ketones is 1. The molecule has 0 aliphatic heterocycles. The average Bonchev–Trinajstić information content (AvgIpc) is 2.98. The first-order valence-electron chi connectivity index (χ1n) is 6.08. The van der Waals surface area contributed by atoms with Crippen molar-refractivity contribution in [2.24, 2.45) is 0 Å². The summed E-state index contributed by atoms with van der Waals surface area (Å²) in [6.07, 6.45) is 0. The Morgan fingerprint density at radius 1 is 1.20 bits per heavy atom. The maximum Gasteiger partial charge on any atom is 0.210 e. The monoisotopic (exact) mass is 292 g/mol. The summed E-state index contributed by atoms with van der Waals surface area (Å²) in [5.41, 5.74) is 0.996. The number of ether oxygens (including phenoxy) is 3. The van der Waals surface area contributed by atoms with Crippen molar-refractivity contribution in [1.29, 1.82) is 0 Å². The number of hydrogen-bond donors (Lipinski definition) is 0. The van der Waals surface area contributed by atoms with E-state index in [1.807, 2.05) is 30.5 Å². The minimum atomic E-state index is -0.0651. The Labute approximate surface area is 121 Å². The van der Waals surface area contributed by atoms with Crippen molar-refractivity contribution in [2.75, 3.05) is 20.8 Å². The van der Waals surface area contributed by atoms with E-state index in [4.69, 9.17) is 14.2 Å². The molecule has 0 fully saturated rings. The molecule has 0 spiro atoms. The second-order valence-corrected chi connectivity index (χ2v) is 5.14. The lowest BCUT2D eigenvalue weighted by Crippen LogP contribution is -2.11. The maximum absolute atomic E-state index is 11.9. The van der Waals surface area contributed by atoms with Gasteiger partial charge in [0.25, 0.3) is 0 Å². The highest BCUT2D eigenvalue weighted by molar-refractivity contribution is 7.12. The number of aryl methyl sites for hydroxylation is 1. The number of rotatable bonds is 6. The molecule has 0 N–H and O–H groups in total. The second-order valence-electron chi connectivity index (χ2n) is 4.19. The van der Waals surface area contributed by atoms with Crippen LogP contribution in [-0.4, -0.2) is 26.6 Å². The molecule has 0 aliphatic rings. The average molecular weight is 292 g/mol. The first kappa shape index (κ1) is 14.4. The molecule has 20 heavy (non-hydrogen) atoms. The van der Waals surface area contributed by atoms with Gasteiger partial charge in [0.2, 0.25) is 11.5 Å². The van der Waals surface area contributed by atoms with E-state index in [0.29, 0.717) is 22.1 Å². The highest BCUT2D eigenvalue weighted by Crippen LogP contribution is 2.38. The molecule has 0 unspecified atom stereocenters. The Hall–Kier alpha value is -2.01. The predicted octanol–water partition coefficient (Wildman–Crippen LogP) is 3.34. The van der Waals surface area contributed by atoms with E-state index in [-0.39, 0.29) is 12.4 Å². The van der Waals surface area contributed by atoms with Gasteiger partial charge in [0, 0.05) is 0 Å². The maximum atomic E-state index is 11.9. The largest absolute Gasteiger partial charge is 0.493 e. The van der Waals surface area contributed by atoms with E-state index in [1.165, 1.54) is 11.3 Å². The van der Waals surface area contributed by atoms with Gasteiger partial charge in [0.15, 0.2) is 18.1 Å². The summed E-state index contributed by atoms with van der Waals surface area (Å²) < 4.78 is 16.2. The Balaban J connectivity index is 2.18. The molecular weight excluding hydrogens is 276 g/mol. The standard InChI is InChI=1S/C15H16O4S/c1-10-7-12(17-2)15(13(8-10)18-3)19-9-11(16)14-5-4-6-20-14/h4-8H,9H2,1-3H3. The van der Waals surface area contributed by atoms with Crippen LogP contribution in [0.2, 0.25) is 0 Å². The van der Waals surface area contributed by atoms with Crippen molar-refractivity contribution in [3.63, 3.8) is 0 Å². The SMILES string of the molecule is COc1cc(C)cc(OC)c1OCC(=O)c1cccs1. The fraction of sp³-hybridized carbons (Fsp3) is 0.267. The lowest BCUT2D eigenvalue weighted by molar-refractivity contribution is 0.0921. The van der Waals surface area contributed by atoms with Gasteiger partial charge >= 0.3 is 0 Å². The first-order chi connectivity index (χ1) is 9.65. The number of hydrogen-bond acceptors (Lipinski definition) is 5. The molecule has 106 valence electrons. The summed E-state index contributed by atoms with van der Waals surface area (Å²) in [5, 5.41) is 1.86. The van der Waals surface area contributed by atoms with Crippen LogP contribution < -0.4 is 14.2 Å². The van der Waals surface area contributed by atoms with Gasteiger partial charge in [-0.15, -0.1) is 11.3 Å². The Morgan fingerprint density at radius 3 is 2.35 bits per heavy atom. The van der Waals surface area contributed by atoms with Gasteiger partial charge in [-0.05, 0) is 36.1 Å².